The number of aryl methyl sites for hydroxylation is 1. The second-order valence-electron chi connectivity index (χ2n) is 7.95. The van der Waals surface area contributed by atoms with E-state index in [0.29, 0.717) is 29.3 Å². The highest BCUT2D eigenvalue weighted by molar-refractivity contribution is 6.04. The van der Waals surface area contributed by atoms with Gasteiger partial charge in [0.2, 0.25) is 5.91 Å². The van der Waals surface area contributed by atoms with E-state index in [1.54, 1.807) is 19.1 Å². The molecule has 1 aliphatic rings. The molecule has 32 heavy (non-hydrogen) atoms. The number of halogens is 1. The van der Waals surface area contributed by atoms with E-state index in [9.17, 15) is 14.0 Å². The van der Waals surface area contributed by atoms with Crippen LogP contribution in [0.15, 0.2) is 60.8 Å². The first kappa shape index (κ1) is 21.6. The van der Waals surface area contributed by atoms with Gasteiger partial charge in [0.15, 0.2) is 5.82 Å². The zero-order chi connectivity index (χ0) is 22.5. The van der Waals surface area contributed by atoms with Gasteiger partial charge in [-0.05, 0) is 56.0 Å². The van der Waals surface area contributed by atoms with Crippen LogP contribution >= 0.6 is 0 Å². The molecule has 2 heterocycles. The Morgan fingerprint density at radius 1 is 1.09 bits per heavy atom. The quantitative estimate of drug-likeness (QED) is 0.645. The lowest BCUT2D eigenvalue weighted by atomic mass is 9.99. The normalized spacial score (nSPS) is 15.9. The van der Waals surface area contributed by atoms with Crippen LogP contribution in [0.2, 0.25) is 0 Å². The van der Waals surface area contributed by atoms with Crippen molar-refractivity contribution in [3.05, 3.63) is 89.3 Å². The van der Waals surface area contributed by atoms with Crippen molar-refractivity contribution in [2.75, 3.05) is 11.9 Å². The predicted octanol–water partition coefficient (Wildman–Crippen LogP) is 4.47. The average molecular weight is 432 g/mol. The van der Waals surface area contributed by atoms with Crippen LogP contribution in [0.4, 0.5) is 10.1 Å². The monoisotopic (exact) mass is 432 g/mol. The van der Waals surface area contributed by atoms with Crippen LogP contribution in [-0.4, -0.2) is 33.2 Å². The number of piperidine rings is 1. The lowest BCUT2D eigenvalue weighted by Gasteiger charge is -2.35. The summed E-state index contributed by atoms with van der Waals surface area (Å²) < 4.78 is 13.2. The van der Waals surface area contributed by atoms with Crippen molar-refractivity contribution < 1.29 is 14.0 Å². The van der Waals surface area contributed by atoms with Crippen molar-refractivity contribution in [1.82, 2.24) is 14.9 Å². The molecule has 0 saturated carbocycles. The summed E-state index contributed by atoms with van der Waals surface area (Å²) in [6, 6.07) is 15.0. The number of para-hydroxylation sites is 1. The van der Waals surface area contributed by atoms with Crippen LogP contribution < -0.4 is 5.32 Å². The van der Waals surface area contributed by atoms with Crippen molar-refractivity contribution in [2.45, 2.75) is 38.6 Å². The summed E-state index contributed by atoms with van der Waals surface area (Å²) in [5.74, 6) is -0.0789. The molecule has 0 unspecified atom stereocenters. The molecule has 2 aromatic carbocycles. The SMILES string of the molecule is Cc1nc([C@@H]2CCCCN2C(=O)Cc2ccc(F)cc2)ncc1C(=O)Nc1ccccc1. The number of nitrogens with one attached hydrogen (secondary N) is 1. The topological polar surface area (TPSA) is 75.2 Å². The highest BCUT2D eigenvalue weighted by Gasteiger charge is 2.30. The van der Waals surface area contributed by atoms with Crippen LogP contribution in [0, 0.1) is 12.7 Å². The van der Waals surface area contributed by atoms with Crippen LogP contribution in [0.25, 0.3) is 0 Å². The maximum atomic E-state index is 13.2. The Labute approximate surface area is 186 Å². The molecule has 1 fully saturated rings. The number of benzene rings is 2. The van der Waals surface area contributed by atoms with Gasteiger partial charge < -0.3 is 10.2 Å². The Morgan fingerprint density at radius 2 is 1.84 bits per heavy atom. The number of rotatable bonds is 5. The lowest BCUT2D eigenvalue weighted by Crippen LogP contribution is -2.40. The maximum absolute atomic E-state index is 13.2. The van der Waals surface area contributed by atoms with Gasteiger partial charge in [-0.1, -0.05) is 30.3 Å². The van der Waals surface area contributed by atoms with E-state index in [1.807, 2.05) is 35.2 Å². The van der Waals surface area contributed by atoms with E-state index >= 15 is 0 Å². The first-order chi connectivity index (χ1) is 15.5. The number of nitrogens with zero attached hydrogens (tertiary/aromatic N) is 3. The molecule has 2 amide bonds. The van der Waals surface area contributed by atoms with Crippen molar-refractivity contribution in [3.63, 3.8) is 0 Å². The number of carbonyl (C=O) groups is 2. The van der Waals surface area contributed by atoms with Crippen LogP contribution in [0.1, 0.15) is 52.7 Å². The Hall–Kier alpha value is -3.61. The summed E-state index contributed by atoms with van der Waals surface area (Å²) in [5, 5.41) is 2.85. The van der Waals surface area contributed by atoms with Gasteiger partial charge in [-0.25, -0.2) is 14.4 Å². The first-order valence-electron chi connectivity index (χ1n) is 10.7. The van der Waals surface area contributed by atoms with Crippen molar-refractivity contribution in [1.29, 1.82) is 0 Å². The van der Waals surface area contributed by atoms with E-state index in [4.69, 9.17) is 0 Å². The molecule has 0 spiro atoms. The third-order valence-electron chi connectivity index (χ3n) is 5.66. The molecule has 7 heteroatoms. The molecule has 0 aliphatic carbocycles. The van der Waals surface area contributed by atoms with Crippen LogP contribution in [0.5, 0.6) is 0 Å². The fraction of sp³-hybridized carbons (Fsp3) is 0.280. The second-order valence-corrected chi connectivity index (χ2v) is 7.95. The summed E-state index contributed by atoms with van der Waals surface area (Å²) >= 11 is 0. The molecule has 0 radical (unpaired) electrons. The molecule has 3 aromatic rings. The molecule has 1 atom stereocenters. The number of hydrogen-bond acceptors (Lipinski definition) is 4. The molecular weight excluding hydrogens is 407 g/mol. The zero-order valence-electron chi connectivity index (χ0n) is 17.9. The van der Waals surface area contributed by atoms with Gasteiger partial charge in [0.05, 0.1) is 23.7 Å². The van der Waals surface area contributed by atoms with E-state index in [-0.39, 0.29) is 30.1 Å². The van der Waals surface area contributed by atoms with Crippen molar-refractivity contribution in [3.8, 4) is 0 Å². The van der Waals surface area contributed by atoms with Gasteiger partial charge in [-0.2, -0.15) is 0 Å². The minimum absolute atomic E-state index is 0.0338. The van der Waals surface area contributed by atoms with E-state index in [1.165, 1.54) is 18.3 Å². The molecule has 1 aromatic heterocycles. The van der Waals surface area contributed by atoms with E-state index < -0.39 is 0 Å². The van der Waals surface area contributed by atoms with Gasteiger partial charge >= 0.3 is 0 Å². The van der Waals surface area contributed by atoms with Crippen molar-refractivity contribution in [2.24, 2.45) is 0 Å². The summed E-state index contributed by atoms with van der Waals surface area (Å²) in [6.07, 6.45) is 4.40. The predicted molar refractivity (Wildman–Crippen MR) is 120 cm³/mol. The Bertz CT molecular complexity index is 1100. The second kappa shape index (κ2) is 9.68. The van der Waals surface area contributed by atoms with Gasteiger partial charge in [-0.15, -0.1) is 0 Å². The molecule has 0 bridgehead atoms. The molecule has 164 valence electrons. The average Bonchev–Trinajstić information content (AvgIpc) is 2.81. The fourth-order valence-electron chi connectivity index (χ4n) is 3.97. The van der Waals surface area contributed by atoms with Crippen LogP contribution in [0.3, 0.4) is 0 Å². The molecule has 1 aliphatic heterocycles. The van der Waals surface area contributed by atoms with Gasteiger partial charge in [0.1, 0.15) is 5.82 Å². The molecule has 1 N–H and O–H groups in total. The highest BCUT2D eigenvalue weighted by Crippen LogP contribution is 2.30. The van der Waals surface area contributed by atoms with E-state index in [2.05, 4.69) is 15.3 Å². The molecule has 6 nitrogen and oxygen atoms in total. The smallest absolute Gasteiger partial charge is 0.259 e. The van der Waals surface area contributed by atoms with E-state index in [0.717, 1.165) is 24.8 Å². The van der Waals surface area contributed by atoms with Gasteiger partial charge in [0.25, 0.3) is 5.91 Å². The Morgan fingerprint density at radius 3 is 2.56 bits per heavy atom. The first-order valence-corrected chi connectivity index (χ1v) is 10.7. The highest BCUT2D eigenvalue weighted by atomic mass is 19.1. The molecule has 1 saturated heterocycles. The summed E-state index contributed by atoms with van der Waals surface area (Å²) in [6.45, 7) is 2.40. The third-order valence-corrected chi connectivity index (χ3v) is 5.66. The maximum Gasteiger partial charge on any atom is 0.259 e. The Balaban J connectivity index is 1.50. The minimum atomic E-state index is -0.322. The third kappa shape index (κ3) is 4.99. The number of aromatic nitrogens is 2. The number of amides is 2. The van der Waals surface area contributed by atoms with Gasteiger partial charge in [-0.3, -0.25) is 9.59 Å². The fourth-order valence-corrected chi connectivity index (χ4v) is 3.97. The van der Waals surface area contributed by atoms with Crippen LogP contribution in [-0.2, 0) is 11.2 Å². The van der Waals surface area contributed by atoms with Gasteiger partial charge in [0, 0.05) is 18.4 Å². The lowest BCUT2D eigenvalue weighted by molar-refractivity contribution is -0.134. The minimum Gasteiger partial charge on any atom is -0.332 e. The number of likely N-dealkylation sites (tertiary alicyclic amines) is 1. The van der Waals surface area contributed by atoms with Crippen molar-refractivity contribution >= 4 is 17.5 Å². The summed E-state index contributed by atoms with van der Waals surface area (Å²) in [5.41, 5.74) is 2.44. The summed E-state index contributed by atoms with van der Waals surface area (Å²) in [4.78, 5) is 36.5. The largest absolute Gasteiger partial charge is 0.332 e. The number of hydrogen-bond donors (Lipinski definition) is 1. The molecular formula is C25H25FN4O2. The zero-order valence-corrected chi connectivity index (χ0v) is 17.9. The summed E-state index contributed by atoms with van der Waals surface area (Å²) in [7, 11) is 0. The number of carbonyl (C=O) groups excluding carboxylic acids is 2. The Kier molecular flexibility index (Phi) is 6.54. The standard InChI is InChI=1S/C25H25FN4O2/c1-17-21(25(32)29-20-7-3-2-4-8-20)16-27-24(28-17)22-9-5-6-14-30(22)23(31)15-18-10-12-19(26)13-11-18/h2-4,7-8,10-13,16,22H,5-6,9,14-15H2,1H3,(H,29,32)/t22-/m0/s1. The molecule has 4 rings (SSSR count). The number of anilines is 1.